The van der Waals surface area contributed by atoms with Crippen LogP contribution in [0.4, 0.5) is 0 Å². The monoisotopic (exact) mass is 172 g/mol. The van der Waals surface area contributed by atoms with Crippen LogP contribution in [-0.4, -0.2) is 21.8 Å². The van der Waals surface area contributed by atoms with E-state index in [4.69, 9.17) is 5.11 Å². The number of carboxylic acid groups (broad SMARTS) is 1. The van der Waals surface area contributed by atoms with Gasteiger partial charge in [-0.3, -0.25) is 4.79 Å². The van der Waals surface area contributed by atoms with Crippen LogP contribution in [0.2, 0.25) is 0 Å². The van der Waals surface area contributed by atoms with Crippen molar-refractivity contribution in [3.05, 3.63) is 0 Å². The van der Waals surface area contributed by atoms with Crippen LogP contribution in [0.5, 0.6) is 0 Å². The van der Waals surface area contributed by atoms with Gasteiger partial charge in [0.05, 0.1) is 5.60 Å². The van der Waals surface area contributed by atoms with Crippen LogP contribution in [0.15, 0.2) is 0 Å². The molecular weight excluding hydrogens is 156 g/mol. The lowest BCUT2D eigenvalue weighted by atomic mass is 9.88. The molecule has 0 aromatic rings. The van der Waals surface area contributed by atoms with E-state index in [1.165, 1.54) is 0 Å². The Bertz CT molecular complexity index is 179. The lowest BCUT2D eigenvalue weighted by Crippen LogP contribution is -2.32. The highest BCUT2D eigenvalue weighted by Gasteiger charge is 2.37. The third-order valence-electron chi connectivity index (χ3n) is 2.94. The van der Waals surface area contributed by atoms with Crippen LogP contribution in [0, 0.1) is 5.92 Å². The fraction of sp³-hybridized carbons (Fsp3) is 0.889. The molecule has 0 aromatic heterocycles. The van der Waals surface area contributed by atoms with Crippen molar-refractivity contribution in [3.8, 4) is 0 Å². The molecule has 0 bridgehead atoms. The molecule has 2 atom stereocenters. The average molecular weight is 172 g/mol. The van der Waals surface area contributed by atoms with Gasteiger partial charge in [0.15, 0.2) is 0 Å². The van der Waals surface area contributed by atoms with Crippen molar-refractivity contribution < 1.29 is 15.0 Å². The molecule has 3 nitrogen and oxygen atoms in total. The van der Waals surface area contributed by atoms with Gasteiger partial charge in [0, 0.05) is 6.42 Å². The zero-order valence-electron chi connectivity index (χ0n) is 7.42. The van der Waals surface area contributed by atoms with Gasteiger partial charge in [-0.1, -0.05) is 13.3 Å². The second kappa shape index (κ2) is 3.44. The average Bonchev–Trinajstić information content (AvgIpc) is 2.30. The van der Waals surface area contributed by atoms with Gasteiger partial charge in [-0.25, -0.2) is 0 Å². The number of carbonyl (C=O) groups is 1. The number of rotatable bonds is 3. The zero-order chi connectivity index (χ0) is 9.19. The molecule has 0 aromatic carbocycles. The molecule has 1 rings (SSSR count). The first-order chi connectivity index (χ1) is 5.54. The minimum absolute atomic E-state index is 0.0842. The van der Waals surface area contributed by atoms with E-state index in [2.05, 4.69) is 0 Å². The summed E-state index contributed by atoms with van der Waals surface area (Å²) in [4.78, 5) is 10.3. The molecule has 2 unspecified atom stereocenters. The summed E-state index contributed by atoms with van der Waals surface area (Å²) in [5.74, 6) is -0.556. The summed E-state index contributed by atoms with van der Waals surface area (Å²) in [7, 11) is 0. The van der Waals surface area contributed by atoms with Crippen molar-refractivity contribution in [3.63, 3.8) is 0 Å². The van der Waals surface area contributed by atoms with Gasteiger partial charge >= 0.3 is 5.97 Å². The molecule has 0 spiro atoms. The molecule has 0 saturated heterocycles. The van der Waals surface area contributed by atoms with Crippen LogP contribution in [-0.2, 0) is 4.79 Å². The van der Waals surface area contributed by atoms with Gasteiger partial charge < -0.3 is 10.2 Å². The molecule has 70 valence electrons. The molecular formula is C9H16O3. The summed E-state index contributed by atoms with van der Waals surface area (Å²) < 4.78 is 0. The summed E-state index contributed by atoms with van der Waals surface area (Å²) >= 11 is 0. The van der Waals surface area contributed by atoms with Crippen molar-refractivity contribution in [2.24, 2.45) is 5.92 Å². The van der Waals surface area contributed by atoms with Gasteiger partial charge in [0.25, 0.3) is 0 Å². The van der Waals surface area contributed by atoms with E-state index in [1.54, 1.807) is 0 Å². The molecule has 0 aliphatic heterocycles. The predicted molar refractivity (Wildman–Crippen MR) is 44.8 cm³/mol. The largest absolute Gasteiger partial charge is 0.481 e. The second-order valence-corrected chi connectivity index (χ2v) is 3.79. The minimum atomic E-state index is -0.817. The van der Waals surface area contributed by atoms with Gasteiger partial charge in [-0.15, -0.1) is 0 Å². The van der Waals surface area contributed by atoms with Gasteiger partial charge in [-0.2, -0.15) is 0 Å². The Morgan fingerprint density at radius 2 is 2.33 bits per heavy atom. The van der Waals surface area contributed by atoms with Gasteiger partial charge in [0.2, 0.25) is 0 Å². The molecule has 1 fully saturated rings. The molecule has 12 heavy (non-hydrogen) atoms. The Hall–Kier alpha value is -0.570. The molecule has 0 amide bonds. The third-order valence-corrected chi connectivity index (χ3v) is 2.94. The summed E-state index contributed by atoms with van der Waals surface area (Å²) in [6, 6.07) is 0. The lowest BCUT2D eigenvalue weighted by molar-refractivity contribution is -0.138. The fourth-order valence-electron chi connectivity index (χ4n) is 1.92. The molecule has 0 heterocycles. The Balaban J connectivity index is 2.42. The molecule has 3 heteroatoms. The third kappa shape index (κ3) is 1.97. The second-order valence-electron chi connectivity index (χ2n) is 3.79. The van der Waals surface area contributed by atoms with E-state index in [-0.39, 0.29) is 12.3 Å². The Morgan fingerprint density at radius 3 is 2.75 bits per heavy atom. The van der Waals surface area contributed by atoms with E-state index in [0.29, 0.717) is 6.42 Å². The molecule has 1 aliphatic rings. The highest BCUT2D eigenvalue weighted by molar-refractivity contribution is 5.66. The van der Waals surface area contributed by atoms with E-state index in [9.17, 15) is 9.90 Å². The number of aliphatic carboxylic acids is 1. The molecule has 1 aliphatic carbocycles. The highest BCUT2D eigenvalue weighted by Crippen LogP contribution is 2.38. The van der Waals surface area contributed by atoms with E-state index < -0.39 is 11.6 Å². The Labute approximate surface area is 72.4 Å². The van der Waals surface area contributed by atoms with Crippen LogP contribution in [0.1, 0.15) is 39.0 Å². The number of carboxylic acids is 1. The highest BCUT2D eigenvalue weighted by atomic mass is 16.4. The standard InChI is InChI=1S/C9H16O3/c1-7-3-2-5-9(7,12)6-4-8(10)11/h7,12H,2-6H2,1H3,(H,10,11). The first-order valence-electron chi connectivity index (χ1n) is 4.49. The maximum Gasteiger partial charge on any atom is 0.303 e. The fourth-order valence-corrected chi connectivity index (χ4v) is 1.92. The maximum atomic E-state index is 10.3. The number of hydrogen-bond acceptors (Lipinski definition) is 2. The SMILES string of the molecule is CC1CCCC1(O)CCC(=O)O. The molecule has 1 saturated carbocycles. The molecule has 2 N–H and O–H groups in total. The quantitative estimate of drug-likeness (QED) is 0.676. The summed E-state index contributed by atoms with van der Waals surface area (Å²) in [5, 5.41) is 18.4. The smallest absolute Gasteiger partial charge is 0.303 e. The maximum absolute atomic E-state index is 10.3. The number of aliphatic hydroxyl groups is 1. The summed E-state index contributed by atoms with van der Waals surface area (Å²) in [6.07, 6.45) is 3.30. The Morgan fingerprint density at radius 1 is 1.67 bits per heavy atom. The van der Waals surface area contributed by atoms with Crippen LogP contribution >= 0.6 is 0 Å². The van der Waals surface area contributed by atoms with Crippen molar-refractivity contribution in [1.29, 1.82) is 0 Å². The predicted octanol–water partition coefficient (Wildman–Crippen LogP) is 1.40. The van der Waals surface area contributed by atoms with E-state index in [1.807, 2.05) is 6.92 Å². The van der Waals surface area contributed by atoms with Crippen LogP contribution in [0.25, 0.3) is 0 Å². The molecule has 0 radical (unpaired) electrons. The first-order valence-corrected chi connectivity index (χ1v) is 4.49. The summed E-state index contributed by atoms with van der Waals surface area (Å²) in [5.41, 5.74) is -0.696. The van der Waals surface area contributed by atoms with E-state index >= 15 is 0 Å². The van der Waals surface area contributed by atoms with Crippen LogP contribution < -0.4 is 0 Å². The number of hydrogen-bond donors (Lipinski definition) is 2. The van der Waals surface area contributed by atoms with Crippen molar-refractivity contribution in [1.82, 2.24) is 0 Å². The van der Waals surface area contributed by atoms with Crippen molar-refractivity contribution in [2.45, 2.75) is 44.6 Å². The van der Waals surface area contributed by atoms with Crippen molar-refractivity contribution >= 4 is 5.97 Å². The Kier molecular flexibility index (Phi) is 2.73. The van der Waals surface area contributed by atoms with Crippen LogP contribution in [0.3, 0.4) is 0 Å². The summed E-state index contributed by atoms with van der Waals surface area (Å²) in [6.45, 7) is 1.99. The lowest BCUT2D eigenvalue weighted by Gasteiger charge is -2.26. The van der Waals surface area contributed by atoms with Gasteiger partial charge in [-0.05, 0) is 25.2 Å². The first kappa shape index (κ1) is 9.52. The normalized spacial score (nSPS) is 35.3. The van der Waals surface area contributed by atoms with Crippen molar-refractivity contribution in [2.75, 3.05) is 0 Å². The minimum Gasteiger partial charge on any atom is -0.481 e. The zero-order valence-corrected chi connectivity index (χ0v) is 7.42. The topological polar surface area (TPSA) is 57.5 Å². The van der Waals surface area contributed by atoms with Gasteiger partial charge in [0.1, 0.15) is 0 Å². The van der Waals surface area contributed by atoms with E-state index in [0.717, 1.165) is 19.3 Å².